The van der Waals surface area contributed by atoms with Crippen LogP contribution in [0.15, 0.2) is 30.7 Å². The Kier molecular flexibility index (Phi) is 4.45. The van der Waals surface area contributed by atoms with E-state index in [0.717, 1.165) is 24.2 Å². The topological polar surface area (TPSA) is 58.1 Å². The van der Waals surface area contributed by atoms with Gasteiger partial charge in [-0.2, -0.15) is 0 Å². The second-order valence-electron chi connectivity index (χ2n) is 5.00. The van der Waals surface area contributed by atoms with Crippen molar-refractivity contribution in [2.75, 3.05) is 16.8 Å². The molecule has 2 aromatic heterocycles. The molecule has 0 aromatic carbocycles. The summed E-state index contributed by atoms with van der Waals surface area (Å²) in [5, 5.41) is 4.08. The van der Waals surface area contributed by atoms with Gasteiger partial charge in [-0.05, 0) is 18.6 Å². The van der Waals surface area contributed by atoms with Crippen molar-refractivity contribution in [1.82, 2.24) is 9.97 Å². The Morgan fingerprint density at radius 2 is 2.09 bits per heavy atom. The molecule has 0 spiro atoms. The highest BCUT2D eigenvalue weighted by Crippen LogP contribution is 2.25. The molecule has 1 aliphatic rings. The Labute approximate surface area is 138 Å². The van der Waals surface area contributed by atoms with Crippen molar-refractivity contribution in [3.8, 4) is 0 Å². The molecule has 0 bridgehead atoms. The zero-order valence-corrected chi connectivity index (χ0v) is 13.2. The summed E-state index contributed by atoms with van der Waals surface area (Å²) >= 11 is 12.0. The number of anilines is 2. The average molecular weight is 337 g/mol. The van der Waals surface area contributed by atoms with Crippen LogP contribution in [0.25, 0.3) is 0 Å². The van der Waals surface area contributed by atoms with Crippen LogP contribution >= 0.6 is 23.2 Å². The highest BCUT2D eigenvalue weighted by molar-refractivity contribution is 6.42. The van der Waals surface area contributed by atoms with E-state index in [1.807, 2.05) is 12.1 Å². The van der Waals surface area contributed by atoms with E-state index in [4.69, 9.17) is 23.2 Å². The molecule has 1 aliphatic heterocycles. The van der Waals surface area contributed by atoms with E-state index >= 15 is 0 Å². The largest absolute Gasteiger partial charge is 0.366 e. The number of amides is 1. The summed E-state index contributed by atoms with van der Waals surface area (Å²) in [5.41, 5.74) is 1.63. The third kappa shape index (κ3) is 3.15. The highest BCUT2D eigenvalue weighted by atomic mass is 35.5. The van der Waals surface area contributed by atoms with Crippen LogP contribution < -0.4 is 10.2 Å². The number of carbonyl (C=O) groups is 1. The first-order chi connectivity index (χ1) is 10.6. The summed E-state index contributed by atoms with van der Waals surface area (Å²) in [6, 6.07) is 3.73. The fourth-order valence-corrected chi connectivity index (χ4v) is 2.68. The van der Waals surface area contributed by atoms with Crippen LogP contribution in [0.1, 0.15) is 18.4 Å². The molecule has 22 heavy (non-hydrogen) atoms. The summed E-state index contributed by atoms with van der Waals surface area (Å²) in [5.74, 6) is 0.853. The monoisotopic (exact) mass is 336 g/mol. The number of pyridine rings is 2. The van der Waals surface area contributed by atoms with Crippen molar-refractivity contribution < 1.29 is 4.79 Å². The van der Waals surface area contributed by atoms with Crippen LogP contribution in [-0.4, -0.2) is 22.4 Å². The predicted molar refractivity (Wildman–Crippen MR) is 87.4 cm³/mol. The Hall–Kier alpha value is -1.85. The van der Waals surface area contributed by atoms with Crippen molar-refractivity contribution in [1.29, 1.82) is 0 Å². The fraction of sp³-hybridized carbons (Fsp3) is 0.267. The molecule has 0 radical (unpaired) electrons. The van der Waals surface area contributed by atoms with E-state index in [1.54, 1.807) is 17.3 Å². The molecule has 2 aromatic rings. The summed E-state index contributed by atoms with van der Waals surface area (Å²) in [6.07, 6.45) is 6.38. The maximum atomic E-state index is 11.7. The molecule has 1 fully saturated rings. The third-order valence-electron chi connectivity index (χ3n) is 3.50. The first-order valence-electron chi connectivity index (χ1n) is 6.93. The van der Waals surface area contributed by atoms with Gasteiger partial charge in [0, 0.05) is 37.5 Å². The molecular formula is C15H14Cl2N4O. The molecule has 5 nitrogen and oxygen atoms in total. The SMILES string of the molecule is O=C1CCCN1c1ccc(NCc2cncc(Cl)c2Cl)nc1. The molecule has 3 rings (SSSR count). The first kappa shape index (κ1) is 15.1. The van der Waals surface area contributed by atoms with Crippen LogP contribution in [0.4, 0.5) is 11.5 Å². The molecule has 1 N–H and O–H groups in total. The summed E-state index contributed by atoms with van der Waals surface area (Å²) in [4.78, 5) is 21.8. The van der Waals surface area contributed by atoms with Gasteiger partial charge in [0.2, 0.25) is 5.91 Å². The molecule has 3 heterocycles. The lowest BCUT2D eigenvalue weighted by molar-refractivity contribution is -0.117. The number of hydrogen-bond donors (Lipinski definition) is 1. The average Bonchev–Trinajstić information content (AvgIpc) is 2.95. The maximum absolute atomic E-state index is 11.7. The zero-order chi connectivity index (χ0) is 15.5. The number of nitrogens with zero attached hydrogens (tertiary/aromatic N) is 3. The number of aromatic nitrogens is 2. The van der Waals surface area contributed by atoms with Gasteiger partial charge in [0.05, 0.1) is 21.9 Å². The lowest BCUT2D eigenvalue weighted by atomic mass is 10.3. The van der Waals surface area contributed by atoms with Gasteiger partial charge in [-0.25, -0.2) is 4.98 Å². The quantitative estimate of drug-likeness (QED) is 0.927. The van der Waals surface area contributed by atoms with Crippen LogP contribution in [0.2, 0.25) is 10.0 Å². The van der Waals surface area contributed by atoms with Crippen LogP contribution in [0.5, 0.6) is 0 Å². The molecular weight excluding hydrogens is 323 g/mol. The Morgan fingerprint density at radius 1 is 1.23 bits per heavy atom. The molecule has 114 valence electrons. The van der Waals surface area contributed by atoms with Gasteiger partial charge in [-0.1, -0.05) is 23.2 Å². The van der Waals surface area contributed by atoms with Crippen molar-refractivity contribution >= 4 is 40.6 Å². The molecule has 0 aliphatic carbocycles. The maximum Gasteiger partial charge on any atom is 0.227 e. The first-order valence-corrected chi connectivity index (χ1v) is 7.69. The highest BCUT2D eigenvalue weighted by Gasteiger charge is 2.21. The minimum atomic E-state index is 0.152. The van der Waals surface area contributed by atoms with Gasteiger partial charge in [0.25, 0.3) is 0 Å². The zero-order valence-electron chi connectivity index (χ0n) is 11.7. The van der Waals surface area contributed by atoms with E-state index in [2.05, 4.69) is 15.3 Å². The van der Waals surface area contributed by atoms with E-state index < -0.39 is 0 Å². The second-order valence-corrected chi connectivity index (χ2v) is 5.78. The molecule has 0 unspecified atom stereocenters. The summed E-state index contributed by atoms with van der Waals surface area (Å²) in [7, 11) is 0. The van der Waals surface area contributed by atoms with Crippen LogP contribution in [0.3, 0.4) is 0 Å². The lowest BCUT2D eigenvalue weighted by Gasteiger charge is -2.15. The summed E-state index contributed by atoms with van der Waals surface area (Å²) in [6.45, 7) is 1.23. The number of halogens is 2. The fourth-order valence-electron chi connectivity index (χ4n) is 2.34. The predicted octanol–water partition coefficient (Wildman–Crippen LogP) is 3.52. The van der Waals surface area contributed by atoms with E-state index in [1.165, 1.54) is 6.20 Å². The smallest absolute Gasteiger partial charge is 0.227 e. The number of carbonyl (C=O) groups excluding carboxylic acids is 1. The molecule has 0 atom stereocenters. The van der Waals surface area contributed by atoms with Gasteiger partial charge >= 0.3 is 0 Å². The molecule has 1 saturated heterocycles. The number of hydrogen-bond acceptors (Lipinski definition) is 4. The third-order valence-corrected chi connectivity index (χ3v) is 4.33. The van der Waals surface area contributed by atoms with Crippen molar-refractivity contribution in [2.45, 2.75) is 19.4 Å². The molecule has 7 heteroatoms. The normalized spacial score (nSPS) is 14.5. The van der Waals surface area contributed by atoms with Gasteiger partial charge in [0.1, 0.15) is 5.82 Å². The van der Waals surface area contributed by atoms with Gasteiger partial charge in [-0.15, -0.1) is 0 Å². The number of nitrogens with one attached hydrogen (secondary N) is 1. The summed E-state index contributed by atoms with van der Waals surface area (Å²) < 4.78 is 0. The minimum Gasteiger partial charge on any atom is -0.366 e. The van der Waals surface area contributed by atoms with E-state index in [-0.39, 0.29) is 5.91 Å². The van der Waals surface area contributed by atoms with Crippen LogP contribution in [-0.2, 0) is 11.3 Å². The molecule has 0 saturated carbocycles. The Morgan fingerprint density at radius 3 is 2.77 bits per heavy atom. The Bertz CT molecular complexity index is 690. The van der Waals surface area contributed by atoms with Crippen molar-refractivity contribution in [3.05, 3.63) is 46.3 Å². The van der Waals surface area contributed by atoms with E-state index in [0.29, 0.717) is 28.8 Å². The molecule has 1 amide bonds. The lowest BCUT2D eigenvalue weighted by Crippen LogP contribution is -2.23. The van der Waals surface area contributed by atoms with Crippen molar-refractivity contribution in [2.24, 2.45) is 0 Å². The number of rotatable bonds is 4. The van der Waals surface area contributed by atoms with E-state index in [9.17, 15) is 4.79 Å². The minimum absolute atomic E-state index is 0.152. The van der Waals surface area contributed by atoms with Gasteiger partial charge in [0.15, 0.2) is 0 Å². The van der Waals surface area contributed by atoms with Gasteiger partial charge in [-0.3, -0.25) is 9.78 Å². The Balaban J connectivity index is 1.66. The van der Waals surface area contributed by atoms with Gasteiger partial charge < -0.3 is 10.2 Å². The van der Waals surface area contributed by atoms with Crippen molar-refractivity contribution in [3.63, 3.8) is 0 Å². The second kappa shape index (κ2) is 6.50. The van der Waals surface area contributed by atoms with Crippen LogP contribution in [0, 0.1) is 0 Å². The standard InChI is InChI=1S/C15H14Cl2N4O/c16-12-9-18-6-10(15(12)17)7-19-13-4-3-11(8-20-13)21-5-1-2-14(21)22/h3-4,6,8-9H,1-2,5,7H2,(H,19,20).